The number of fused-ring (bicyclic) bond motifs is 3. The first-order chi connectivity index (χ1) is 43.1. The summed E-state index contributed by atoms with van der Waals surface area (Å²) in [7, 11) is 1.66. The van der Waals surface area contributed by atoms with Gasteiger partial charge in [0.2, 0.25) is 40.4 Å². The maximum Gasteiger partial charge on any atom is 0.261 e. The zero-order valence-corrected chi connectivity index (χ0v) is 50.7. The van der Waals surface area contributed by atoms with Crippen LogP contribution in [0.3, 0.4) is 0 Å². The summed E-state index contributed by atoms with van der Waals surface area (Å²) in [4.78, 5) is 108. The van der Waals surface area contributed by atoms with E-state index in [1.54, 1.807) is 30.0 Å². The van der Waals surface area contributed by atoms with Crippen molar-refractivity contribution < 1.29 is 97.6 Å². The molecule has 3 fully saturated rings. The van der Waals surface area contributed by atoms with Crippen LogP contribution in [0.5, 0.6) is 17.2 Å². The maximum absolute atomic E-state index is 14.7. The van der Waals surface area contributed by atoms with Crippen LogP contribution in [0.25, 0.3) is 26.8 Å². The number of β-amino-alcohol motifs (C(OH)–C–C–N with tert-alkyl or cyclic N) is 1. The number of aliphatic hydroxyl groups is 6. The van der Waals surface area contributed by atoms with E-state index >= 15 is 0 Å². The summed E-state index contributed by atoms with van der Waals surface area (Å²) in [6, 6.07) is 6.08. The molecule has 3 aromatic carbocycles. The van der Waals surface area contributed by atoms with Crippen molar-refractivity contribution in [1.29, 1.82) is 0 Å². The molecule has 5 aromatic rings. The summed E-state index contributed by atoms with van der Waals surface area (Å²) in [5, 5.41) is 108. The van der Waals surface area contributed by atoms with Crippen LogP contribution in [0.1, 0.15) is 61.9 Å². The van der Waals surface area contributed by atoms with Crippen LogP contribution < -0.4 is 41.2 Å². The van der Waals surface area contributed by atoms with Gasteiger partial charge < -0.3 is 91.5 Å². The fourth-order valence-corrected chi connectivity index (χ4v) is 11.8. The molecule has 0 spiro atoms. The number of carbonyl (C=O) groups excluding carboxylic acids is 7. The van der Waals surface area contributed by atoms with Crippen LogP contribution in [0.15, 0.2) is 72.9 Å². The summed E-state index contributed by atoms with van der Waals surface area (Å²) in [5.41, 5.74) is 7.90. The van der Waals surface area contributed by atoms with E-state index in [1.165, 1.54) is 42.5 Å². The van der Waals surface area contributed by atoms with Crippen molar-refractivity contribution in [3.8, 4) is 39.1 Å². The number of benzene rings is 3. The van der Waals surface area contributed by atoms with Crippen molar-refractivity contribution in [2.24, 2.45) is 11.7 Å². The first-order valence-corrected chi connectivity index (χ1v) is 30.3. The summed E-state index contributed by atoms with van der Waals surface area (Å²) < 4.78 is 21.9. The molecule has 7 amide bonds. The normalized spacial score (nSPS) is 25.1. The molecule has 488 valence electrons. The first kappa shape index (κ1) is 68.3. The van der Waals surface area contributed by atoms with E-state index in [1.807, 2.05) is 24.3 Å². The largest absolute Gasteiger partial charge is 0.504 e. The number of aromatic hydroxyl groups is 1. The van der Waals surface area contributed by atoms with Gasteiger partial charge in [-0.1, -0.05) is 45.8 Å². The Kier molecular flexibility index (Phi) is 23.8. The van der Waals surface area contributed by atoms with Crippen LogP contribution in [-0.2, 0) is 49.3 Å². The molecule has 3 aliphatic rings. The smallest absolute Gasteiger partial charge is 0.261 e. The third kappa shape index (κ3) is 16.8. The number of nitrogens with zero attached hydrogens (tertiary/aromatic N) is 5. The van der Waals surface area contributed by atoms with Crippen molar-refractivity contribution in [3.63, 3.8) is 0 Å². The van der Waals surface area contributed by atoms with Crippen LogP contribution >= 0.6 is 23.7 Å². The lowest BCUT2D eigenvalue weighted by atomic mass is 9.98. The topological polar surface area (TPSA) is 450 Å². The van der Waals surface area contributed by atoms with E-state index < -0.39 is 158 Å². The van der Waals surface area contributed by atoms with Gasteiger partial charge in [0, 0.05) is 75.2 Å². The lowest BCUT2D eigenvalue weighted by Gasteiger charge is -2.34. The van der Waals surface area contributed by atoms with Crippen LogP contribution in [-0.4, -0.2) is 226 Å². The molecule has 31 nitrogen and oxygen atoms in total. The van der Waals surface area contributed by atoms with Gasteiger partial charge in [-0.15, -0.1) is 0 Å². The Balaban J connectivity index is 1.06. The molecule has 0 saturated carbocycles. The molecule has 15 N–H and O–H groups in total. The standard InChI is InChI=1S/C57H73N11O20S2/c1-28-25-67-47(48(28)75)53(80)59-24-34(70)22-37(60-49(76)32-9-7-31(8-10-32)38-27-68-57(61-38)89-54(65-68)33-11-13-36(14-12-33)85-19-5-4-18-84-3)50(77)62-44(29(2)69)55(81)66-26-35(71)23-39(66)51(78)63-45(52(79)64-46(56(67)82)41(73)16-17-58)42(74)20-30-6-15-40(72)43(21-30)86-90-88-87-83/h6-15,21,27-29,34-35,37,39,41-42,44-48,69-75,83H,4-5,16-20,22-26,58H2,1-3H3,(H,59,80)(H,60,76)(H,62,77)(H,63,78)(H,64,79)/t28-,29+,34+,35+,37+,39+,41-,42-,44+,45+,46+,47+,48+/m1/s1. The van der Waals surface area contributed by atoms with Crippen LogP contribution in [0, 0.1) is 5.92 Å². The van der Waals surface area contributed by atoms with Gasteiger partial charge in [-0.05, 0) is 86.8 Å². The molecule has 3 saturated heterocycles. The Morgan fingerprint density at radius 3 is 2.20 bits per heavy atom. The Morgan fingerprint density at radius 1 is 0.822 bits per heavy atom. The number of rotatable bonds is 21. The Hall–Kier alpha value is -7.64. The predicted octanol–water partition coefficient (Wildman–Crippen LogP) is -1.70. The van der Waals surface area contributed by atoms with Gasteiger partial charge in [-0.2, -0.15) is 5.10 Å². The average Bonchev–Trinajstić information content (AvgIpc) is 2.15. The number of aromatic nitrogens is 3. The number of amides is 7. The molecule has 8 rings (SSSR count). The number of nitrogens with one attached hydrogen (secondary N) is 5. The monoisotopic (exact) mass is 1300 g/mol. The summed E-state index contributed by atoms with van der Waals surface area (Å²) in [5.74, 6) is -8.62. The molecule has 90 heavy (non-hydrogen) atoms. The average molecular weight is 1300 g/mol. The minimum atomic E-state index is -2.11. The molecule has 0 bridgehead atoms. The lowest BCUT2D eigenvalue weighted by molar-refractivity contribution is -0.433. The van der Waals surface area contributed by atoms with Crippen LogP contribution in [0.2, 0.25) is 0 Å². The molecule has 2 aromatic heterocycles. The number of carbonyl (C=O) groups is 7. The fourth-order valence-electron chi connectivity index (χ4n) is 10.7. The van der Waals surface area contributed by atoms with Crippen molar-refractivity contribution in [2.45, 2.75) is 125 Å². The molecule has 0 aliphatic carbocycles. The molecule has 3 aliphatic heterocycles. The predicted molar refractivity (Wildman–Crippen MR) is 318 cm³/mol. The Morgan fingerprint density at radius 2 is 1.51 bits per heavy atom. The highest BCUT2D eigenvalue weighted by molar-refractivity contribution is 7.90. The highest BCUT2D eigenvalue weighted by Gasteiger charge is 2.50. The SMILES string of the molecule is COCCCCOc1ccc(-c2nn3cc(-c4ccc(C(=O)N[C@H]5C[C@H](O)CNC(=O)[C@@H]6[C@@H](O)[C@H](C)CN6C(=O)[C@H]([C@H](O)CCN)NC(=O)[C@H]([C@H](O)Cc6ccc(O)c(OSOOO)c6)NC(=O)[C@@H]6C[C@H](O)CN6C(=O)[C@H]([C@H](C)O)NC5=O)cc4)nc3s2)cc1. The van der Waals surface area contributed by atoms with Crippen molar-refractivity contribution in [2.75, 3.05) is 46.5 Å². The van der Waals surface area contributed by atoms with E-state index in [0.29, 0.717) is 34.4 Å². The number of aliphatic hydroxyl groups excluding tert-OH is 6. The number of phenols is 1. The van der Waals surface area contributed by atoms with Gasteiger partial charge >= 0.3 is 0 Å². The molecule has 0 radical (unpaired) electrons. The van der Waals surface area contributed by atoms with Gasteiger partial charge in [-0.3, -0.25) is 33.6 Å². The molecular formula is C57H73N11O20S2. The summed E-state index contributed by atoms with van der Waals surface area (Å²) in [6.45, 7) is 2.07. The number of unbranched alkanes of at least 4 members (excludes halogenated alkanes) is 1. The highest BCUT2D eigenvalue weighted by Crippen LogP contribution is 2.33. The van der Waals surface area contributed by atoms with E-state index in [4.69, 9.17) is 34.7 Å². The maximum atomic E-state index is 14.7. The lowest BCUT2D eigenvalue weighted by Crippen LogP contribution is -2.64. The zero-order chi connectivity index (χ0) is 64.9. The molecule has 5 heterocycles. The molecular weight excluding hydrogens is 1220 g/mol. The molecule has 13 atom stereocenters. The fraction of sp³-hybridized carbons (Fsp3) is 0.491. The number of hydrogen-bond acceptors (Lipinski definition) is 25. The van der Waals surface area contributed by atoms with Gasteiger partial charge in [0.15, 0.2) is 11.5 Å². The number of hydrogen-bond donors (Lipinski definition) is 14. The van der Waals surface area contributed by atoms with Gasteiger partial charge in [0.1, 0.15) is 47.0 Å². The Bertz CT molecular complexity index is 3270. The van der Waals surface area contributed by atoms with Crippen molar-refractivity contribution in [1.82, 2.24) is 51.0 Å². The second-order valence-electron chi connectivity index (χ2n) is 22.1. The van der Waals surface area contributed by atoms with Crippen molar-refractivity contribution >= 4 is 70.0 Å². The van der Waals surface area contributed by atoms with E-state index in [-0.39, 0.29) is 48.7 Å². The van der Waals surface area contributed by atoms with Crippen molar-refractivity contribution in [3.05, 3.63) is 84.1 Å². The first-order valence-electron chi connectivity index (χ1n) is 28.8. The number of phenolic OH excluding ortho intramolecular Hbond substituents is 1. The number of ether oxygens (including phenoxy) is 2. The third-order valence-corrected chi connectivity index (χ3v) is 16.8. The second kappa shape index (κ2) is 31.4. The minimum Gasteiger partial charge on any atom is -0.504 e. The van der Waals surface area contributed by atoms with E-state index in [9.17, 15) is 69.3 Å². The molecule has 33 heteroatoms. The second-order valence-corrected chi connectivity index (χ2v) is 23.5. The Labute approximate surface area is 523 Å². The zero-order valence-electron chi connectivity index (χ0n) is 49.0. The quantitative estimate of drug-likeness (QED) is 0.0168. The van der Waals surface area contributed by atoms with Gasteiger partial charge in [0.05, 0.1) is 55.1 Å². The minimum absolute atomic E-state index is 0.0183. The van der Waals surface area contributed by atoms with E-state index in [2.05, 4.69) is 36.0 Å². The highest BCUT2D eigenvalue weighted by atomic mass is 32.2. The number of imidazole rings is 1. The summed E-state index contributed by atoms with van der Waals surface area (Å²) >= 11 is 1.43. The molecule has 0 unspecified atom stereocenters. The van der Waals surface area contributed by atoms with Gasteiger partial charge in [-0.25, -0.2) is 14.8 Å². The van der Waals surface area contributed by atoms with Crippen LogP contribution in [0.4, 0.5) is 0 Å². The number of nitrogens with two attached hydrogens (primary N) is 1. The third-order valence-electron chi connectivity index (χ3n) is 15.5. The summed E-state index contributed by atoms with van der Waals surface area (Å²) in [6.07, 6.45) is -8.80. The number of methoxy groups -OCH3 is 1. The van der Waals surface area contributed by atoms with E-state index in [0.717, 1.165) is 46.9 Å². The van der Waals surface area contributed by atoms with Gasteiger partial charge in [0.25, 0.3) is 18.2 Å².